The Bertz CT molecular complexity index is 2030. The lowest BCUT2D eigenvalue weighted by atomic mass is 8.43. The van der Waals surface area contributed by atoms with Crippen LogP contribution in [0.25, 0.3) is 0 Å². The standard InChI is InChI=1S/C36H26S/c37-32-7-2-1-6-14-8-3-9-17-18-11-5-12-19-20-13-4-10-16-15(7)31(32)30(16)23(10,13)29(20)28(19)22(11,12)27(18)26(17)21(8,9)25(14)24(6,32)33(31)34(25,26)35(27,28)36(29,30)33/h6-20,37H,1-5H2. The third-order valence-electron chi connectivity index (χ3n) is 29.6. The van der Waals surface area contributed by atoms with E-state index in [2.05, 4.69) is 0 Å². The highest BCUT2D eigenvalue weighted by atomic mass is 32.1. The molecule has 24 aliphatic carbocycles. The number of hydrogen-bond acceptors (Lipinski definition) is 1. The van der Waals surface area contributed by atoms with E-state index in [-0.39, 0.29) is 0 Å². The summed E-state index contributed by atoms with van der Waals surface area (Å²) >= 11 is 6.37. The normalized spacial score (nSPS) is 130. The molecule has 0 saturated heterocycles. The Labute approximate surface area is 219 Å². The molecule has 176 valence electrons. The van der Waals surface area contributed by atoms with Gasteiger partial charge in [0.25, 0.3) is 0 Å². The summed E-state index contributed by atoms with van der Waals surface area (Å²) in [6.07, 6.45) is 8.75. The van der Waals surface area contributed by atoms with Crippen molar-refractivity contribution in [2.45, 2.75) is 36.9 Å². The van der Waals surface area contributed by atoms with E-state index >= 15 is 0 Å². The van der Waals surface area contributed by atoms with Gasteiger partial charge in [-0.1, -0.05) is 0 Å². The van der Waals surface area contributed by atoms with Crippen molar-refractivity contribution in [2.75, 3.05) is 0 Å². The van der Waals surface area contributed by atoms with E-state index in [9.17, 15) is 0 Å². The van der Waals surface area contributed by atoms with E-state index in [1.807, 2.05) is 0 Å². The molecule has 1 heteroatoms. The van der Waals surface area contributed by atoms with Crippen LogP contribution in [0.2, 0.25) is 0 Å². The largest absolute Gasteiger partial charge is 0.171 e. The lowest BCUT2D eigenvalue weighted by Crippen LogP contribution is -3.59. The highest BCUT2D eigenvalue weighted by Crippen LogP contribution is 3.61. The predicted octanol–water partition coefficient (Wildman–Crippen LogP) is 3.97. The van der Waals surface area contributed by atoms with Crippen LogP contribution in [0.3, 0.4) is 0 Å². The van der Waals surface area contributed by atoms with Crippen molar-refractivity contribution in [3.8, 4) is 0 Å². The van der Waals surface area contributed by atoms with Gasteiger partial charge in [0, 0.05) is 21.0 Å². The topological polar surface area (TPSA) is 0 Å². The van der Waals surface area contributed by atoms with Crippen LogP contribution in [0.4, 0.5) is 0 Å². The molecule has 0 N–H and O–H groups in total. The molecule has 0 aliphatic heterocycles. The Balaban J connectivity index is 1.04. The molecule has 24 rings (SSSR count). The van der Waals surface area contributed by atoms with E-state index in [1.165, 1.54) is 82.9 Å². The number of fused-ring (bicyclic) bond motifs is 11. The Hall–Kier alpha value is 0.350. The van der Waals surface area contributed by atoms with Crippen LogP contribution in [0.1, 0.15) is 32.1 Å². The van der Waals surface area contributed by atoms with E-state index in [0.29, 0.717) is 4.75 Å². The third kappa shape index (κ3) is 0.318. The lowest BCUT2D eigenvalue weighted by molar-refractivity contribution is -1.15. The minimum atomic E-state index is 0.623. The van der Waals surface area contributed by atoms with Gasteiger partial charge in [0.05, 0.1) is 0 Å². The van der Waals surface area contributed by atoms with Crippen LogP contribution >= 0.6 is 12.6 Å². The molecule has 31 atom stereocenters. The second-order valence-corrected chi connectivity index (χ2v) is 23.4. The fourth-order valence-electron chi connectivity index (χ4n) is 36.9. The zero-order chi connectivity index (χ0) is 21.2. The SMILES string of the molecule is SC12C3CCC4C5C6CC7C8C9C%10CC%11C%12C%13C%14CC%15C%16C3C13C%161C%15%14C%13%14C%12%13C%10%11C9%10C89C67C56C42C32C69C%10%13C1%142. The van der Waals surface area contributed by atoms with Gasteiger partial charge in [0.15, 0.2) is 0 Å². The Kier molecular flexibility index (Phi) is 0.777. The van der Waals surface area contributed by atoms with Gasteiger partial charge in [-0.05, 0) is 186 Å². The molecule has 0 aromatic carbocycles. The van der Waals surface area contributed by atoms with Crippen LogP contribution in [0, 0.1) is 170 Å². The van der Waals surface area contributed by atoms with Gasteiger partial charge in [0.1, 0.15) is 0 Å². The Morgan fingerprint density at radius 3 is 1.22 bits per heavy atom. The zero-order valence-electron chi connectivity index (χ0n) is 20.6. The molecule has 0 nitrogen and oxygen atoms in total. The third-order valence-corrected chi connectivity index (χ3v) is 30.7. The van der Waals surface area contributed by atoms with E-state index < -0.39 is 0 Å². The van der Waals surface area contributed by atoms with E-state index in [0.717, 1.165) is 87.1 Å². The van der Waals surface area contributed by atoms with Gasteiger partial charge in [-0.2, -0.15) is 12.6 Å². The monoisotopic (exact) mass is 490 g/mol. The summed E-state index contributed by atoms with van der Waals surface area (Å²) in [4.78, 5) is 0. The number of rotatable bonds is 0. The van der Waals surface area contributed by atoms with E-state index in [1.54, 1.807) is 32.1 Å². The molecule has 0 aromatic heterocycles. The molecule has 24 fully saturated rings. The van der Waals surface area contributed by atoms with Crippen molar-refractivity contribution in [2.24, 2.45) is 170 Å². The molecule has 0 radical (unpaired) electrons. The van der Waals surface area contributed by atoms with Crippen LogP contribution in [-0.2, 0) is 0 Å². The summed E-state index contributed by atoms with van der Waals surface area (Å²) in [6, 6.07) is 0. The molecule has 31 unspecified atom stereocenters. The zero-order valence-corrected chi connectivity index (χ0v) is 21.5. The fourth-order valence-corrected chi connectivity index (χ4v) is 38.2. The van der Waals surface area contributed by atoms with Crippen molar-refractivity contribution in [3.05, 3.63) is 0 Å². The van der Waals surface area contributed by atoms with Gasteiger partial charge in [0.2, 0.25) is 0 Å². The summed E-state index contributed by atoms with van der Waals surface area (Å²) in [5, 5.41) is 0. The number of thiol groups is 1. The smallest absolute Gasteiger partial charge is 0.0302 e. The maximum atomic E-state index is 6.37. The predicted molar refractivity (Wildman–Crippen MR) is 124 cm³/mol. The van der Waals surface area contributed by atoms with Crippen LogP contribution in [0.15, 0.2) is 0 Å². The Morgan fingerprint density at radius 2 is 0.703 bits per heavy atom. The minimum Gasteiger partial charge on any atom is -0.171 e. The second kappa shape index (κ2) is 2.12. The van der Waals surface area contributed by atoms with Crippen LogP contribution in [0.5, 0.6) is 0 Å². The molecule has 0 amide bonds. The van der Waals surface area contributed by atoms with Crippen molar-refractivity contribution < 1.29 is 0 Å². The molecular formula is C36H26S. The highest BCUT2D eigenvalue weighted by Gasteiger charge is 3.61. The summed E-state index contributed by atoms with van der Waals surface area (Å²) in [5.74, 6) is 19.5. The molecule has 0 aromatic rings. The maximum Gasteiger partial charge on any atom is 0.0302 e. The Morgan fingerprint density at radius 1 is 0.351 bits per heavy atom. The summed E-state index contributed by atoms with van der Waals surface area (Å²) in [7, 11) is 0. The molecular weight excluding hydrogens is 464 g/mol. The van der Waals surface area contributed by atoms with Crippen molar-refractivity contribution >= 4 is 12.6 Å². The van der Waals surface area contributed by atoms with Gasteiger partial charge in [-0.3, -0.25) is 0 Å². The summed E-state index contributed by atoms with van der Waals surface area (Å²) < 4.78 is 0.623. The first-order valence-electron chi connectivity index (χ1n) is 18.0. The van der Waals surface area contributed by atoms with Gasteiger partial charge < -0.3 is 0 Å². The summed E-state index contributed by atoms with van der Waals surface area (Å²) in [6.45, 7) is 0. The summed E-state index contributed by atoms with van der Waals surface area (Å²) in [5.41, 5.74) is 15.5. The van der Waals surface area contributed by atoms with Gasteiger partial charge >= 0.3 is 0 Å². The average Bonchev–Trinajstić information content (AvgIpc) is 2.76. The fraction of sp³-hybridized carbons (Fsp3) is 1.00. The van der Waals surface area contributed by atoms with Crippen LogP contribution in [-0.4, -0.2) is 4.75 Å². The quantitative estimate of drug-likeness (QED) is 0.488. The minimum absolute atomic E-state index is 0.623. The van der Waals surface area contributed by atoms with Gasteiger partial charge in [-0.15, -0.1) is 0 Å². The average molecular weight is 491 g/mol. The maximum absolute atomic E-state index is 6.37. The van der Waals surface area contributed by atoms with Crippen LogP contribution < -0.4 is 0 Å². The molecule has 37 heavy (non-hydrogen) atoms. The molecule has 24 aliphatic rings. The molecule has 0 bridgehead atoms. The number of hydrogen-bond donors (Lipinski definition) is 1. The first kappa shape index (κ1) is 13.6. The van der Waals surface area contributed by atoms with Crippen molar-refractivity contribution in [3.63, 3.8) is 0 Å². The van der Waals surface area contributed by atoms with Crippen molar-refractivity contribution in [1.82, 2.24) is 0 Å². The highest BCUT2D eigenvalue weighted by molar-refractivity contribution is 7.82. The molecule has 0 heterocycles. The first-order chi connectivity index (χ1) is 18.3. The van der Waals surface area contributed by atoms with E-state index in [4.69, 9.17) is 12.6 Å². The lowest BCUT2D eigenvalue weighted by Gasteiger charge is -3.59. The van der Waals surface area contributed by atoms with Gasteiger partial charge in [-0.25, -0.2) is 0 Å². The molecule has 24 saturated carbocycles. The first-order valence-corrected chi connectivity index (χ1v) is 18.4. The molecule has 15 spiro atoms. The second-order valence-electron chi connectivity index (χ2n) is 22.7. The van der Waals surface area contributed by atoms with Crippen molar-refractivity contribution in [1.29, 1.82) is 0 Å².